The van der Waals surface area contributed by atoms with Gasteiger partial charge in [0, 0.05) is 15.8 Å². The van der Waals surface area contributed by atoms with E-state index in [0.717, 1.165) is 12.0 Å². The molecule has 1 saturated carbocycles. The molecule has 1 heterocycles. The molecule has 0 aliphatic heterocycles. The molecule has 0 radical (unpaired) electrons. The van der Waals surface area contributed by atoms with Crippen molar-refractivity contribution in [3.63, 3.8) is 0 Å². The first kappa shape index (κ1) is 10.2. The topological polar surface area (TPSA) is 12.0 Å². The van der Waals surface area contributed by atoms with Gasteiger partial charge in [0.15, 0.2) is 0 Å². The van der Waals surface area contributed by atoms with Crippen molar-refractivity contribution >= 4 is 11.3 Å². The van der Waals surface area contributed by atoms with Crippen molar-refractivity contribution in [3.05, 3.63) is 21.9 Å². The average Bonchev–Trinajstić information content (AvgIpc) is 2.92. The van der Waals surface area contributed by atoms with Crippen molar-refractivity contribution in [3.8, 4) is 0 Å². The second-order valence-electron chi connectivity index (χ2n) is 4.28. The molecular weight excluding hydrogens is 190 g/mol. The van der Waals surface area contributed by atoms with E-state index in [2.05, 4.69) is 31.4 Å². The minimum Gasteiger partial charge on any atom is -0.317 e. The first-order valence-electron chi connectivity index (χ1n) is 5.52. The van der Waals surface area contributed by atoms with Crippen LogP contribution in [-0.4, -0.2) is 13.1 Å². The van der Waals surface area contributed by atoms with Gasteiger partial charge in [-0.3, -0.25) is 0 Å². The van der Waals surface area contributed by atoms with Gasteiger partial charge in [0.05, 0.1) is 0 Å². The van der Waals surface area contributed by atoms with Crippen LogP contribution in [0.25, 0.3) is 0 Å². The molecule has 14 heavy (non-hydrogen) atoms. The first-order valence-corrected chi connectivity index (χ1v) is 6.34. The van der Waals surface area contributed by atoms with Crippen LogP contribution in [0.15, 0.2) is 12.1 Å². The number of rotatable bonds is 5. The highest BCUT2D eigenvalue weighted by molar-refractivity contribution is 7.11. The van der Waals surface area contributed by atoms with E-state index in [4.69, 9.17) is 0 Å². The molecule has 0 spiro atoms. The summed E-state index contributed by atoms with van der Waals surface area (Å²) in [6, 6.07) is 5.27. The fourth-order valence-corrected chi connectivity index (χ4v) is 2.94. The summed E-state index contributed by atoms with van der Waals surface area (Å²) >= 11 is 1.94. The maximum absolute atomic E-state index is 3.45. The highest BCUT2D eigenvalue weighted by atomic mass is 32.1. The van der Waals surface area contributed by atoms with E-state index >= 15 is 0 Å². The highest BCUT2D eigenvalue weighted by Gasteiger charge is 2.29. The first-order chi connectivity index (χ1) is 6.79. The second-order valence-corrected chi connectivity index (χ2v) is 5.66. The SMILES string of the molecule is CNC(CCc1ccc(C)s1)C1CC1. The van der Waals surface area contributed by atoms with Crippen molar-refractivity contribution in [2.75, 3.05) is 7.05 Å². The van der Waals surface area contributed by atoms with Crippen LogP contribution in [0.4, 0.5) is 0 Å². The lowest BCUT2D eigenvalue weighted by molar-refractivity contribution is 0.472. The van der Waals surface area contributed by atoms with Crippen LogP contribution in [0.3, 0.4) is 0 Å². The molecule has 0 saturated heterocycles. The van der Waals surface area contributed by atoms with Gasteiger partial charge in [-0.05, 0) is 57.7 Å². The van der Waals surface area contributed by atoms with Crippen molar-refractivity contribution in [1.29, 1.82) is 0 Å². The van der Waals surface area contributed by atoms with Crippen molar-refractivity contribution in [2.24, 2.45) is 5.92 Å². The zero-order valence-corrected chi connectivity index (χ0v) is 9.86. The quantitative estimate of drug-likeness (QED) is 0.786. The van der Waals surface area contributed by atoms with Crippen molar-refractivity contribution < 1.29 is 0 Å². The smallest absolute Gasteiger partial charge is 0.00957 e. The second kappa shape index (κ2) is 4.45. The fraction of sp³-hybridized carbons (Fsp3) is 0.667. The predicted molar refractivity (Wildman–Crippen MR) is 62.9 cm³/mol. The largest absolute Gasteiger partial charge is 0.317 e. The molecule has 1 aromatic rings. The monoisotopic (exact) mass is 209 g/mol. The molecule has 1 nitrogen and oxygen atoms in total. The molecule has 1 atom stereocenters. The Hall–Kier alpha value is -0.340. The van der Waals surface area contributed by atoms with Crippen LogP contribution in [-0.2, 0) is 6.42 Å². The standard InChI is InChI=1S/C12H19NS/c1-9-3-6-11(14-9)7-8-12(13-2)10-4-5-10/h3,6,10,12-13H,4-5,7-8H2,1-2H3. The van der Waals surface area contributed by atoms with E-state index < -0.39 is 0 Å². The molecule has 0 bridgehead atoms. The minimum absolute atomic E-state index is 0.761. The van der Waals surface area contributed by atoms with Gasteiger partial charge in [0.1, 0.15) is 0 Å². The lowest BCUT2D eigenvalue weighted by Crippen LogP contribution is -2.27. The maximum atomic E-state index is 3.45. The third-order valence-electron chi connectivity index (χ3n) is 3.06. The van der Waals surface area contributed by atoms with E-state index in [9.17, 15) is 0 Å². The van der Waals surface area contributed by atoms with Crippen LogP contribution >= 0.6 is 11.3 Å². The lowest BCUT2D eigenvalue weighted by atomic mass is 10.1. The molecule has 2 rings (SSSR count). The Morgan fingerprint density at radius 1 is 1.50 bits per heavy atom. The predicted octanol–water partition coefficient (Wildman–Crippen LogP) is 2.99. The molecule has 0 aromatic carbocycles. The van der Waals surface area contributed by atoms with Crippen LogP contribution in [0.2, 0.25) is 0 Å². The Kier molecular flexibility index (Phi) is 3.24. The van der Waals surface area contributed by atoms with Gasteiger partial charge in [-0.2, -0.15) is 0 Å². The van der Waals surface area contributed by atoms with Gasteiger partial charge in [0.2, 0.25) is 0 Å². The Labute approximate surface area is 90.5 Å². The van der Waals surface area contributed by atoms with Crippen LogP contribution in [0.5, 0.6) is 0 Å². The van der Waals surface area contributed by atoms with E-state index in [1.165, 1.54) is 30.6 Å². The summed E-state index contributed by atoms with van der Waals surface area (Å²) in [6.45, 7) is 2.19. The zero-order chi connectivity index (χ0) is 9.97. The third kappa shape index (κ3) is 2.58. The summed E-state index contributed by atoms with van der Waals surface area (Å²) in [6.07, 6.45) is 5.44. The molecular formula is C12H19NS. The number of hydrogen-bond donors (Lipinski definition) is 1. The minimum atomic E-state index is 0.761. The molecule has 1 aliphatic carbocycles. The van der Waals surface area contributed by atoms with E-state index in [-0.39, 0.29) is 0 Å². The van der Waals surface area contributed by atoms with Gasteiger partial charge in [-0.1, -0.05) is 0 Å². The van der Waals surface area contributed by atoms with Gasteiger partial charge in [-0.25, -0.2) is 0 Å². The Balaban J connectivity index is 1.80. The molecule has 1 aliphatic rings. The highest BCUT2D eigenvalue weighted by Crippen LogP contribution is 2.34. The van der Waals surface area contributed by atoms with Gasteiger partial charge >= 0.3 is 0 Å². The lowest BCUT2D eigenvalue weighted by Gasteiger charge is -2.13. The van der Waals surface area contributed by atoms with Crippen molar-refractivity contribution in [1.82, 2.24) is 5.32 Å². The molecule has 2 heteroatoms. The van der Waals surface area contributed by atoms with Gasteiger partial charge in [-0.15, -0.1) is 11.3 Å². The Morgan fingerprint density at radius 3 is 2.79 bits per heavy atom. The summed E-state index contributed by atoms with van der Waals surface area (Å²) in [5, 5.41) is 3.45. The third-order valence-corrected chi connectivity index (χ3v) is 4.12. The molecule has 1 unspecified atom stereocenters. The summed E-state index contributed by atoms with van der Waals surface area (Å²) < 4.78 is 0. The number of nitrogens with one attached hydrogen (secondary N) is 1. The zero-order valence-electron chi connectivity index (χ0n) is 9.05. The number of thiophene rings is 1. The van der Waals surface area contributed by atoms with Crippen molar-refractivity contribution in [2.45, 2.75) is 38.6 Å². The molecule has 1 aromatic heterocycles. The molecule has 78 valence electrons. The maximum Gasteiger partial charge on any atom is 0.00957 e. The van der Waals surface area contributed by atoms with Gasteiger partial charge in [0.25, 0.3) is 0 Å². The van der Waals surface area contributed by atoms with E-state index in [1.807, 2.05) is 11.3 Å². The van der Waals surface area contributed by atoms with Crippen LogP contribution in [0, 0.1) is 12.8 Å². The number of aryl methyl sites for hydroxylation is 2. The molecule has 1 fully saturated rings. The molecule has 1 N–H and O–H groups in total. The van der Waals surface area contributed by atoms with E-state index in [0.29, 0.717) is 0 Å². The molecule has 0 amide bonds. The average molecular weight is 209 g/mol. The van der Waals surface area contributed by atoms with Crippen LogP contribution < -0.4 is 5.32 Å². The normalized spacial score (nSPS) is 18.4. The summed E-state index contributed by atoms with van der Waals surface area (Å²) in [4.78, 5) is 2.98. The van der Waals surface area contributed by atoms with Crippen LogP contribution in [0.1, 0.15) is 29.0 Å². The summed E-state index contributed by atoms with van der Waals surface area (Å²) in [5.41, 5.74) is 0. The summed E-state index contributed by atoms with van der Waals surface area (Å²) in [5.74, 6) is 0.973. The fourth-order valence-electron chi connectivity index (χ4n) is 2.03. The van der Waals surface area contributed by atoms with E-state index in [1.54, 1.807) is 4.88 Å². The Bertz CT molecular complexity index is 288. The Morgan fingerprint density at radius 2 is 2.29 bits per heavy atom. The number of hydrogen-bond acceptors (Lipinski definition) is 2. The van der Waals surface area contributed by atoms with Gasteiger partial charge < -0.3 is 5.32 Å². The summed E-state index contributed by atoms with van der Waals surface area (Å²) in [7, 11) is 2.10.